The molecule has 4 rings (SSSR count). The van der Waals surface area contributed by atoms with Gasteiger partial charge >= 0.3 is 5.97 Å². The molecular formula is C21H17NO4. The van der Waals surface area contributed by atoms with Crippen LogP contribution in [0.3, 0.4) is 0 Å². The number of fused-ring (bicyclic) bond motifs is 1. The lowest BCUT2D eigenvalue weighted by Crippen LogP contribution is -2.25. The highest BCUT2D eigenvalue weighted by Crippen LogP contribution is 2.32. The zero-order valence-electron chi connectivity index (χ0n) is 14.0. The highest BCUT2D eigenvalue weighted by Gasteiger charge is 2.34. The van der Waals surface area contributed by atoms with E-state index in [1.807, 2.05) is 42.5 Å². The van der Waals surface area contributed by atoms with Crippen molar-refractivity contribution in [2.24, 2.45) is 5.92 Å². The minimum Gasteiger partial charge on any atom is -0.481 e. The van der Waals surface area contributed by atoms with E-state index in [-0.39, 0.29) is 18.9 Å². The Morgan fingerprint density at radius 2 is 1.73 bits per heavy atom. The fourth-order valence-electron chi connectivity index (χ4n) is 3.23. The molecule has 130 valence electrons. The Hall–Kier alpha value is -3.34. The van der Waals surface area contributed by atoms with Crippen LogP contribution in [0.5, 0.6) is 11.5 Å². The van der Waals surface area contributed by atoms with Gasteiger partial charge < -0.3 is 14.7 Å². The molecule has 0 bridgehead atoms. The van der Waals surface area contributed by atoms with Gasteiger partial charge in [-0.05, 0) is 35.7 Å². The summed E-state index contributed by atoms with van der Waals surface area (Å²) in [4.78, 5) is 24.6. The molecule has 5 nitrogen and oxygen atoms in total. The summed E-state index contributed by atoms with van der Waals surface area (Å²) in [5, 5.41) is 11.2. The van der Waals surface area contributed by atoms with Gasteiger partial charge in [0.1, 0.15) is 11.5 Å². The van der Waals surface area contributed by atoms with Gasteiger partial charge in [0.05, 0.1) is 5.92 Å². The molecular weight excluding hydrogens is 330 g/mol. The summed E-state index contributed by atoms with van der Waals surface area (Å²) in [6, 6.07) is 21.0. The first kappa shape index (κ1) is 16.1. The van der Waals surface area contributed by atoms with Crippen molar-refractivity contribution >= 4 is 28.3 Å². The number of nitrogens with zero attached hydrogens (tertiary/aromatic N) is 1. The third-order valence-corrected chi connectivity index (χ3v) is 4.60. The van der Waals surface area contributed by atoms with Gasteiger partial charge in [-0.1, -0.05) is 36.4 Å². The molecule has 3 aromatic carbocycles. The molecule has 0 spiro atoms. The van der Waals surface area contributed by atoms with Crippen LogP contribution in [-0.2, 0) is 9.59 Å². The monoisotopic (exact) mass is 347 g/mol. The molecule has 26 heavy (non-hydrogen) atoms. The van der Waals surface area contributed by atoms with Crippen LogP contribution in [0.1, 0.15) is 6.42 Å². The number of hydrogen-bond acceptors (Lipinski definition) is 3. The maximum absolute atomic E-state index is 12.0. The summed E-state index contributed by atoms with van der Waals surface area (Å²) in [6.45, 7) is 0.206. The Kier molecular flexibility index (Phi) is 4.05. The second-order valence-corrected chi connectivity index (χ2v) is 6.32. The highest BCUT2D eigenvalue weighted by atomic mass is 16.5. The van der Waals surface area contributed by atoms with Crippen molar-refractivity contribution < 1.29 is 19.4 Å². The number of aliphatic carboxylic acids is 1. The Balaban J connectivity index is 1.55. The number of anilines is 1. The van der Waals surface area contributed by atoms with Crippen LogP contribution in [0.2, 0.25) is 0 Å². The molecule has 1 saturated heterocycles. The molecule has 0 aliphatic carbocycles. The number of hydrogen-bond donors (Lipinski definition) is 1. The molecule has 0 unspecified atom stereocenters. The lowest BCUT2D eigenvalue weighted by molar-refractivity contribution is -0.141. The Morgan fingerprint density at radius 1 is 1.00 bits per heavy atom. The predicted molar refractivity (Wildman–Crippen MR) is 98.6 cm³/mol. The molecule has 5 heteroatoms. The van der Waals surface area contributed by atoms with Crippen molar-refractivity contribution in [1.82, 2.24) is 0 Å². The number of benzene rings is 3. The summed E-state index contributed by atoms with van der Waals surface area (Å²) in [7, 11) is 0. The minimum absolute atomic E-state index is 0.0452. The normalized spacial score (nSPS) is 16.8. The Morgan fingerprint density at radius 3 is 2.46 bits per heavy atom. The van der Waals surface area contributed by atoms with Crippen LogP contribution in [0.4, 0.5) is 5.69 Å². The number of ether oxygens (including phenoxy) is 1. The molecule has 1 aliphatic rings. The van der Waals surface area contributed by atoms with Gasteiger partial charge in [0, 0.05) is 24.0 Å². The van der Waals surface area contributed by atoms with Crippen LogP contribution in [0.15, 0.2) is 66.7 Å². The molecule has 1 N–H and O–H groups in total. The predicted octanol–water partition coefficient (Wildman–Crippen LogP) is 4.07. The molecule has 1 aliphatic heterocycles. The van der Waals surface area contributed by atoms with Crippen LogP contribution >= 0.6 is 0 Å². The SMILES string of the molecule is O=C(O)[C@H]1CC(=O)N(c2ccc(Oc3cccc4ccccc34)cc2)C1. The van der Waals surface area contributed by atoms with Crippen LogP contribution in [0.25, 0.3) is 10.8 Å². The van der Waals surface area contributed by atoms with Gasteiger partial charge in [-0.3, -0.25) is 9.59 Å². The van der Waals surface area contributed by atoms with E-state index < -0.39 is 11.9 Å². The number of carbonyl (C=O) groups excluding carboxylic acids is 1. The maximum atomic E-state index is 12.0. The van der Waals surface area contributed by atoms with Crippen molar-refractivity contribution in [3.8, 4) is 11.5 Å². The summed E-state index contributed by atoms with van der Waals surface area (Å²) < 4.78 is 6.00. The third-order valence-electron chi connectivity index (χ3n) is 4.60. The number of carboxylic acids is 1. The summed E-state index contributed by atoms with van der Waals surface area (Å²) in [6.07, 6.45) is 0.0452. The van der Waals surface area contributed by atoms with Crippen LogP contribution < -0.4 is 9.64 Å². The van der Waals surface area contributed by atoms with Gasteiger partial charge in [0.25, 0.3) is 0 Å². The number of carboxylic acid groups (broad SMARTS) is 1. The second kappa shape index (κ2) is 6.52. The van der Waals surface area contributed by atoms with E-state index in [2.05, 4.69) is 0 Å². The van der Waals surface area contributed by atoms with Gasteiger partial charge in [-0.15, -0.1) is 0 Å². The first-order chi connectivity index (χ1) is 12.6. The van der Waals surface area contributed by atoms with Crippen molar-refractivity contribution in [3.63, 3.8) is 0 Å². The number of rotatable bonds is 4. The molecule has 1 amide bonds. The fourth-order valence-corrected chi connectivity index (χ4v) is 3.23. The van der Waals surface area contributed by atoms with Gasteiger partial charge in [-0.2, -0.15) is 0 Å². The highest BCUT2D eigenvalue weighted by molar-refractivity contribution is 5.99. The van der Waals surface area contributed by atoms with E-state index in [0.29, 0.717) is 11.4 Å². The van der Waals surface area contributed by atoms with Crippen molar-refractivity contribution in [3.05, 3.63) is 66.7 Å². The molecule has 1 heterocycles. The van der Waals surface area contributed by atoms with Crippen molar-refractivity contribution in [2.45, 2.75) is 6.42 Å². The average Bonchev–Trinajstić information content (AvgIpc) is 3.05. The zero-order chi connectivity index (χ0) is 18.1. The smallest absolute Gasteiger partial charge is 0.308 e. The lowest BCUT2D eigenvalue weighted by Gasteiger charge is -2.17. The number of carbonyl (C=O) groups is 2. The van der Waals surface area contributed by atoms with E-state index in [1.165, 1.54) is 4.90 Å². The van der Waals surface area contributed by atoms with E-state index in [0.717, 1.165) is 16.5 Å². The summed E-state index contributed by atoms with van der Waals surface area (Å²) >= 11 is 0. The van der Waals surface area contributed by atoms with Crippen molar-refractivity contribution in [2.75, 3.05) is 11.4 Å². The van der Waals surface area contributed by atoms with Crippen LogP contribution in [0, 0.1) is 5.92 Å². The quantitative estimate of drug-likeness (QED) is 0.772. The largest absolute Gasteiger partial charge is 0.481 e. The van der Waals surface area contributed by atoms with E-state index >= 15 is 0 Å². The van der Waals surface area contributed by atoms with Gasteiger partial charge in [-0.25, -0.2) is 0 Å². The zero-order valence-corrected chi connectivity index (χ0v) is 14.0. The Bertz CT molecular complexity index is 975. The molecule has 0 saturated carbocycles. The van der Waals surface area contributed by atoms with Gasteiger partial charge in [0.2, 0.25) is 5.91 Å². The van der Waals surface area contributed by atoms with Gasteiger partial charge in [0.15, 0.2) is 0 Å². The molecule has 0 aromatic heterocycles. The first-order valence-electron chi connectivity index (χ1n) is 8.41. The fraction of sp³-hybridized carbons (Fsp3) is 0.143. The molecule has 0 radical (unpaired) electrons. The Labute approximate surface area is 150 Å². The summed E-state index contributed by atoms with van der Waals surface area (Å²) in [5.74, 6) is -0.323. The average molecular weight is 347 g/mol. The molecule has 1 atom stereocenters. The minimum atomic E-state index is -0.934. The summed E-state index contributed by atoms with van der Waals surface area (Å²) in [5.41, 5.74) is 0.684. The van der Waals surface area contributed by atoms with E-state index in [4.69, 9.17) is 9.84 Å². The molecule has 3 aromatic rings. The van der Waals surface area contributed by atoms with Crippen molar-refractivity contribution in [1.29, 1.82) is 0 Å². The first-order valence-corrected chi connectivity index (χ1v) is 8.41. The second-order valence-electron chi connectivity index (χ2n) is 6.32. The number of amides is 1. The standard InChI is InChI=1S/C21H17NO4/c23-20-12-15(21(24)25)13-22(20)16-8-10-17(11-9-16)26-19-7-3-5-14-4-1-2-6-18(14)19/h1-11,15H,12-13H2,(H,24,25)/t15-/m0/s1. The topological polar surface area (TPSA) is 66.8 Å². The van der Waals surface area contributed by atoms with Crippen LogP contribution in [-0.4, -0.2) is 23.5 Å². The van der Waals surface area contributed by atoms with E-state index in [1.54, 1.807) is 24.3 Å². The lowest BCUT2D eigenvalue weighted by atomic mass is 10.1. The maximum Gasteiger partial charge on any atom is 0.308 e. The molecule has 1 fully saturated rings. The van der Waals surface area contributed by atoms with E-state index in [9.17, 15) is 9.59 Å². The third kappa shape index (κ3) is 2.99.